The SMILES string of the molecule is CC1(COc2ccc3ccc(N)nc3c2)C[C@@H](n2ccc3c(N)ncnc32)[C@H](O)[C@@H]1O. The quantitative estimate of drug-likeness (QED) is 0.392. The minimum atomic E-state index is -0.974. The Hall–Kier alpha value is -3.43. The lowest BCUT2D eigenvalue weighted by atomic mass is 9.87. The number of hydrogen-bond acceptors (Lipinski definition) is 8. The van der Waals surface area contributed by atoms with Crippen molar-refractivity contribution < 1.29 is 14.9 Å². The molecule has 9 nitrogen and oxygen atoms in total. The van der Waals surface area contributed by atoms with Crippen molar-refractivity contribution >= 4 is 33.6 Å². The summed E-state index contributed by atoms with van der Waals surface area (Å²) in [6.07, 6.45) is 1.78. The van der Waals surface area contributed by atoms with Gasteiger partial charge in [0.05, 0.1) is 29.7 Å². The molecule has 1 saturated carbocycles. The van der Waals surface area contributed by atoms with Crippen LogP contribution in [0.15, 0.2) is 48.9 Å². The second-order valence-electron chi connectivity index (χ2n) is 8.46. The lowest BCUT2D eigenvalue weighted by molar-refractivity contribution is -0.0364. The molecule has 0 bridgehead atoms. The molecule has 1 aromatic carbocycles. The Morgan fingerprint density at radius 2 is 1.97 bits per heavy atom. The Kier molecular flexibility index (Phi) is 4.45. The van der Waals surface area contributed by atoms with Crippen molar-refractivity contribution in [3.05, 3.63) is 48.9 Å². The molecule has 1 unspecified atom stereocenters. The summed E-state index contributed by atoms with van der Waals surface area (Å²) < 4.78 is 7.88. The van der Waals surface area contributed by atoms with Crippen molar-refractivity contribution in [1.82, 2.24) is 19.5 Å². The number of pyridine rings is 1. The zero-order chi connectivity index (χ0) is 21.8. The van der Waals surface area contributed by atoms with E-state index in [9.17, 15) is 10.2 Å². The maximum Gasteiger partial charge on any atom is 0.145 e. The predicted octanol–water partition coefficient (Wildman–Crippen LogP) is 1.90. The van der Waals surface area contributed by atoms with E-state index in [4.69, 9.17) is 16.2 Å². The fraction of sp³-hybridized carbons (Fsp3) is 0.318. The van der Waals surface area contributed by atoms with Crippen LogP contribution in [0.25, 0.3) is 21.9 Å². The molecule has 4 aromatic rings. The van der Waals surface area contributed by atoms with Crippen molar-refractivity contribution in [2.24, 2.45) is 5.41 Å². The maximum absolute atomic E-state index is 10.9. The topological polar surface area (TPSA) is 145 Å². The highest BCUT2D eigenvalue weighted by Crippen LogP contribution is 2.45. The van der Waals surface area contributed by atoms with Crippen molar-refractivity contribution in [2.75, 3.05) is 18.1 Å². The zero-order valence-corrected chi connectivity index (χ0v) is 17.0. The molecular weight excluding hydrogens is 396 g/mol. The molecule has 31 heavy (non-hydrogen) atoms. The normalized spacial score (nSPS) is 26.0. The Morgan fingerprint density at radius 3 is 2.81 bits per heavy atom. The fourth-order valence-electron chi connectivity index (χ4n) is 4.46. The van der Waals surface area contributed by atoms with E-state index in [-0.39, 0.29) is 12.6 Å². The summed E-state index contributed by atoms with van der Waals surface area (Å²) >= 11 is 0. The molecule has 160 valence electrons. The Labute approximate surface area is 178 Å². The first-order valence-corrected chi connectivity index (χ1v) is 10.1. The number of rotatable bonds is 4. The van der Waals surface area contributed by atoms with Gasteiger partial charge < -0.3 is 31.0 Å². The van der Waals surface area contributed by atoms with Crippen molar-refractivity contribution in [2.45, 2.75) is 31.6 Å². The largest absolute Gasteiger partial charge is 0.493 e. The molecule has 0 radical (unpaired) electrons. The summed E-state index contributed by atoms with van der Waals surface area (Å²) in [6, 6.07) is 10.7. The number of aliphatic hydroxyl groups is 2. The first-order valence-electron chi connectivity index (χ1n) is 10.1. The van der Waals surface area contributed by atoms with Crippen molar-refractivity contribution in [3.8, 4) is 5.75 Å². The van der Waals surface area contributed by atoms with Crippen LogP contribution < -0.4 is 16.2 Å². The summed E-state index contributed by atoms with van der Waals surface area (Å²) in [5.41, 5.74) is 12.4. The van der Waals surface area contributed by atoms with E-state index in [1.54, 1.807) is 6.07 Å². The minimum absolute atomic E-state index is 0.228. The van der Waals surface area contributed by atoms with Crippen LogP contribution in [0.3, 0.4) is 0 Å². The molecule has 6 N–H and O–H groups in total. The standard InChI is InChI=1S/C22H24N6O3/c1-22(10-31-13-4-2-12-3-5-17(23)27-15(12)8-13)9-16(18(29)19(22)30)28-7-6-14-20(24)25-11-26-21(14)28/h2-8,11,16,18-19,29-30H,9-10H2,1H3,(H2,23,27)(H2,24,25,26)/t16-,18+,19+,22?/m1/s1. The third kappa shape index (κ3) is 3.22. The number of nitrogen functional groups attached to an aromatic ring is 2. The van der Waals surface area contributed by atoms with E-state index in [2.05, 4.69) is 15.0 Å². The highest BCUT2D eigenvalue weighted by Gasteiger charge is 2.51. The van der Waals surface area contributed by atoms with Gasteiger partial charge in [0.15, 0.2) is 0 Å². The zero-order valence-electron chi connectivity index (χ0n) is 17.0. The summed E-state index contributed by atoms with van der Waals surface area (Å²) in [6.45, 7) is 2.14. The van der Waals surface area contributed by atoms with Crippen LogP contribution in [0.1, 0.15) is 19.4 Å². The lowest BCUT2D eigenvalue weighted by Crippen LogP contribution is -2.38. The Balaban J connectivity index is 1.39. The van der Waals surface area contributed by atoms with Gasteiger partial charge in [-0.05, 0) is 36.8 Å². The van der Waals surface area contributed by atoms with Crippen molar-refractivity contribution in [3.63, 3.8) is 0 Å². The number of aliphatic hydroxyl groups excluding tert-OH is 2. The van der Waals surface area contributed by atoms with Gasteiger partial charge in [-0.1, -0.05) is 6.92 Å². The van der Waals surface area contributed by atoms with Gasteiger partial charge in [-0.15, -0.1) is 0 Å². The van der Waals surface area contributed by atoms with Crippen LogP contribution >= 0.6 is 0 Å². The number of anilines is 2. The number of benzene rings is 1. The fourth-order valence-corrected chi connectivity index (χ4v) is 4.46. The second kappa shape index (κ2) is 7.07. The summed E-state index contributed by atoms with van der Waals surface area (Å²) in [5, 5.41) is 23.4. The van der Waals surface area contributed by atoms with Gasteiger partial charge in [-0.25, -0.2) is 15.0 Å². The maximum atomic E-state index is 10.9. The predicted molar refractivity (Wildman–Crippen MR) is 117 cm³/mol. The van der Waals surface area contributed by atoms with Gasteiger partial charge in [0.1, 0.15) is 35.5 Å². The first-order chi connectivity index (χ1) is 14.9. The Morgan fingerprint density at radius 1 is 1.16 bits per heavy atom. The first kappa shape index (κ1) is 19.5. The van der Waals surface area contributed by atoms with E-state index in [1.807, 2.05) is 48.0 Å². The van der Waals surface area contributed by atoms with Gasteiger partial charge in [0.25, 0.3) is 0 Å². The van der Waals surface area contributed by atoms with Crippen molar-refractivity contribution in [1.29, 1.82) is 0 Å². The summed E-state index contributed by atoms with van der Waals surface area (Å²) in [5.74, 6) is 1.45. The number of nitrogens with two attached hydrogens (primary N) is 2. The van der Waals surface area contributed by atoms with Crippen LogP contribution in [0.5, 0.6) is 5.75 Å². The van der Waals surface area contributed by atoms with E-state index in [0.717, 1.165) is 16.3 Å². The average molecular weight is 420 g/mol. The van der Waals surface area contributed by atoms with E-state index in [0.29, 0.717) is 29.5 Å². The van der Waals surface area contributed by atoms with Gasteiger partial charge >= 0.3 is 0 Å². The number of nitrogens with zero attached hydrogens (tertiary/aromatic N) is 4. The second-order valence-corrected chi connectivity index (χ2v) is 8.46. The molecule has 1 fully saturated rings. The smallest absolute Gasteiger partial charge is 0.145 e. The monoisotopic (exact) mass is 420 g/mol. The molecule has 0 aliphatic heterocycles. The van der Waals surface area contributed by atoms with Gasteiger partial charge in [-0.3, -0.25) is 0 Å². The number of hydrogen-bond donors (Lipinski definition) is 4. The van der Waals surface area contributed by atoms with Crippen LogP contribution in [0.2, 0.25) is 0 Å². The lowest BCUT2D eigenvalue weighted by Gasteiger charge is -2.28. The molecule has 1 aliphatic carbocycles. The number of ether oxygens (including phenoxy) is 1. The summed E-state index contributed by atoms with van der Waals surface area (Å²) in [4.78, 5) is 12.6. The third-order valence-electron chi connectivity index (χ3n) is 6.26. The van der Waals surface area contributed by atoms with E-state index < -0.39 is 17.6 Å². The van der Waals surface area contributed by atoms with Crippen LogP contribution in [0.4, 0.5) is 11.6 Å². The molecule has 0 amide bonds. The molecule has 5 rings (SSSR count). The van der Waals surface area contributed by atoms with E-state index >= 15 is 0 Å². The molecule has 4 atom stereocenters. The molecule has 3 aromatic heterocycles. The number of aromatic nitrogens is 4. The van der Waals surface area contributed by atoms with Gasteiger partial charge in [0.2, 0.25) is 0 Å². The molecule has 1 aliphatic rings. The van der Waals surface area contributed by atoms with Crippen LogP contribution in [-0.4, -0.2) is 48.5 Å². The molecule has 9 heteroatoms. The van der Waals surface area contributed by atoms with Gasteiger partial charge in [0, 0.05) is 23.1 Å². The minimum Gasteiger partial charge on any atom is -0.493 e. The third-order valence-corrected chi connectivity index (χ3v) is 6.26. The highest BCUT2D eigenvalue weighted by molar-refractivity contribution is 5.86. The van der Waals surface area contributed by atoms with Gasteiger partial charge in [-0.2, -0.15) is 0 Å². The van der Waals surface area contributed by atoms with Crippen LogP contribution in [0, 0.1) is 5.41 Å². The van der Waals surface area contributed by atoms with E-state index in [1.165, 1.54) is 6.33 Å². The molecule has 0 saturated heterocycles. The average Bonchev–Trinajstić information content (AvgIpc) is 3.28. The molecule has 3 heterocycles. The number of fused-ring (bicyclic) bond motifs is 2. The van der Waals surface area contributed by atoms with Crippen LogP contribution in [-0.2, 0) is 0 Å². The Bertz CT molecular complexity index is 1270. The molecular formula is C22H24N6O3. The molecule has 0 spiro atoms. The highest BCUT2D eigenvalue weighted by atomic mass is 16.5. The summed E-state index contributed by atoms with van der Waals surface area (Å²) in [7, 11) is 0.